The van der Waals surface area contributed by atoms with E-state index in [0.717, 1.165) is 32.7 Å². The predicted octanol–water partition coefficient (Wildman–Crippen LogP) is 4.02. The van der Waals surface area contributed by atoms with Gasteiger partial charge in [-0.3, -0.25) is 0 Å². The van der Waals surface area contributed by atoms with Crippen LogP contribution in [0.5, 0.6) is 11.5 Å². The van der Waals surface area contributed by atoms with Gasteiger partial charge in [0.2, 0.25) is 0 Å². The van der Waals surface area contributed by atoms with Gasteiger partial charge >= 0.3 is 0 Å². The molecule has 3 aromatic carbocycles. The fraction of sp³-hybridized carbons (Fsp3) is 0.125. The van der Waals surface area contributed by atoms with Crippen molar-refractivity contribution in [1.82, 2.24) is 0 Å². The Morgan fingerprint density at radius 2 is 1.50 bits per heavy atom. The van der Waals surface area contributed by atoms with Crippen molar-refractivity contribution in [2.75, 3.05) is 0 Å². The third kappa shape index (κ3) is 1.35. The maximum atomic E-state index is 10.2. The van der Waals surface area contributed by atoms with Crippen LogP contribution in [0.4, 0.5) is 0 Å². The molecule has 0 spiro atoms. The summed E-state index contributed by atoms with van der Waals surface area (Å²) >= 11 is 0. The molecule has 3 aromatic rings. The van der Waals surface area contributed by atoms with Crippen LogP contribution >= 0.6 is 0 Å². The van der Waals surface area contributed by atoms with E-state index in [1.807, 2.05) is 32.0 Å². The average molecular weight is 238 g/mol. The number of aryl methyl sites for hydroxylation is 2. The van der Waals surface area contributed by atoms with E-state index in [4.69, 9.17) is 0 Å². The molecule has 0 aliphatic rings. The number of benzene rings is 3. The van der Waals surface area contributed by atoms with Crippen molar-refractivity contribution < 1.29 is 10.2 Å². The van der Waals surface area contributed by atoms with Crippen molar-refractivity contribution in [3.63, 3.8) is 0 Å². The highest BCUT2D eigenvalue weighted by Crippen LogP contribution is 2.38. The molecular weight excluding hydrogens is 224 g/mol. The predicted molar refractivity (Wildman–Crippen MR) is 74.3 cm³/mol. The second-order valence-electron chi connectivity index (χ2n) is 4.70. The van der Waals surface area contributed by atoms with Gasteiger partial charge in [-0.15, -0.1) is 0 Å². The molecule has 2 nitrogen and oxygen atoms in total. The highest BCUT2D eigenvalue weighted by atomic mass is 16.3. The van der Waals surface area contributed by atoms with Crippen LogP contribution < -0.4 is 0 Å². The molecule has 0 unspecified atom stereocenters. The smallest absolute Gasteiger partial charge is 0.124 e. The summed E-state index contributed by atoms with van der Waals surface area (Å²) in [4.78, 5) is 0. The maximum absolute atomic E-state index is 10.2. The largest absolute Gasteiger partial charge is 0.507 e. The van der Waals surface area contributed by atoms with Crippen LogP contribution in [-0.4, -0.2) is 10.2 Å². The summed E-state index contributed by atoms with van der Waals surface area (Å²) in [5.74, 6) is 0.510. The lowest BCUT2D eigenvalue weighted by Gasteiger charge is -2.11. The molecule has 0 aliphatic carbocycles. The van der Waals surface area contributed by atoms with Crippen molar-refractivity contribution >= 4 is 21.5 Å². The monoisotopic (exact) mass is 238 g/mol. The molecule has 0 heterocycles. The lowest BCUT2D eigenvalue weighted by Crippen LogP contribution is -1.86. The molecule has 0 saturated carbocycles. The standard InChI is InChI=1S/C16H14O2/c1-9-8-15(18)16-11(10(9)2)6-7-12-13(16)4-3-5-14(12)17/h3-8,17-18H,1-2H3. The zero-order chi connectivity index (χ0) is 12.9. The zero-order valence-electron chi connectivity index (χ0n) is 10.4. The molecule has 90 valence electrons. The first kappa shape index (κ1) is 10.9. The zero-order valence-corrected chi connectivity index (χ0v) is 10.4. The lowest BCUT2D eigenvalue weighted by molar-refractivity contribution is 0.481. The van der Waals surface area contributed by atoms with E-state index in [2.05, 4.69) is 0 Å². The molecule has 0 radical (unpaired) electrons. The van der Waals surface area contributed by atoms with Gasteiger partial charge in [-0.05, 0) is 47.9 Å². The molecule has 0 aromatic heterocycles. The summed E-state index contributed by atoms with van der Waals surface area (Å²) in [6.45, 7) is 4.03. The Balaban J connectivity index is 2.64. The van der Waals surface area contributed by atoms with Gasteiger partial charge in [-0.25, -0.2) is 0 Å². The summed E-state index contributed by atoms with van der Waals surface area (Å²) in [5.41, 5.74) is 2.23. The first-order chi connectivity index (χ1) is 8.59. The minimum Gasteiger partial charge on any atom is -0.507 e. The molecule has 2 heteroatoms. The van der Waals surface area contributed by atoms with E-state index in [9.17, 15) is 10.2 Å². The Labute approximate surface area is 105 Å². The summed E-state index contributed by atoms with van der Waals surface area (Å²) in [7, 11) is 0. The van der Waals surface area contributed by atoms with Crippen LogP contribution in [0, 0.1) is 13.8 Å². The molecule has 0 aliphatic heterocycles. The molecule has 0 amide bonds. The van der Waals surface area contributed by atoms with Gasteiger partial charge in [0.25, 0.3) is 0 Å². The quantitative estimate of drug-likeness (QED) is 0.581. The number of fused-ring (bicyclic) bond motifs is 3. The Hall–Kier alpha value is -2.22. The van der Waals surface area contributed by atoms with E-state index in [0.29, 0.717) is 0 Å². The van der Waals surface area contributed by atoms with Crippen molar-refractivity contribution in [2.45, 2.75) is 13.8 Å². The van der Waals surface area contributed by atoms with E-state index in [1.54, 1.807) is 18.2 Å². The van der Waals surface area contributed by atoms with E-state index in [-0.39, 0.29) is 11.5 Å². The highest BCUT2D eigenvalue weighted by Gasteiger charge is 2.10. The van der Waals surface area contributed by atoms with E-state index < -0.39 is 0 Å². The molecule has 0 saturated heterocycles. The summed E-state index contributed by atoms with van der Waals surface area (Å²) in [6, 6.07) is 11.0. The van der Waals surface area contributed by atoms with E-state index in [1.165, 1.54) is 0 Å². The van der Waals surface area contributed by atoms with Gasteiger partial charge in [0, 0.05) is 10.8 Å². The molecule has 2 N–H and O–H groups in total. The van der Waals surface area contributed by atoms with Crippen LogP contribution in [0.15, 0.2) is 36.4 Å². The van der Waals surface area contributed by atoms with Gasteiger partial charge in [0.05, 0.1) is 0 Å². The second-order valence-corrected chi connectivity index (χ2v) is 4.70. The molecule has 18 heavy (non-hydrogen) atoms. The minimum absolute atomic E-state index is 0.243. The Bertz CT molecular complexity index is 773. The Morgan fingerprint density at radius 1 is 0.778 bits per heavy atom. The number of phenolic OH excluding ortho intramolecular Hbond substituents is 2. The third-order valence-corrected chi connectivity index (χ3v) is 3.64. The number of hydrogen-bond donors (Lipinski definition) is 2. The van der Waals surface area contributed by atoms with Gasteiger partial charge in [0.15, 0.2) is 0 Å². The summed E-state index contributed by atoms with van der Waals surface area (Å²) in [6.07, 6.45) is 0. The van der Waals surface area contributed by atoms with Crippen LogP contribution in [0.3, 0.4) is 0 Å². The number of hydrogen-bond acceptors (Lipinski definition) is 2. The fourth-order valence-corrected chi connectivity index (χ4v) is 2.53. The van der Waals surface area contributed by atoms with Crippen molar-refractivity contribution in [1.29, 1.82) is 0 Å². The van der Waals surface area contributed by atoms with Crippen LogP contribution in [-0.2, 0) is 0 Å². The second kappa shape index (κ2) is 3.64. The first-order valence-corrected chi connectivity index (χ1v) is 5.93. The van der Waals surface area contributed by atoms with Gasteiger partial charge in [-0.1, -0.05) is 24.3 Å². The minimum atomic E-state index is 0.243. The fourth-order valence-electron chi connectivity index (χ4n) is 2.53. The van der Waals surface area contributed by atoms with Crippen LogP contribution in [0.25, 0.3) is 21.5 Å². The molecule has 0 fully saturated rings. The summed E-state index contributed by atoms with van der Waals surface area (Å²) in [5, 5.41) is 23.5. The van der Waals surface area contributed by atoms with Crippen molar-refractivity contribution in [3.8, 4) is 11.5 Å². The molecule has 0 atom stereocenters. The van der Waals surface area contributed by atoms with Crippen LogP contribution in [0.2, 0.25) is 0 Å². The Kier molecular flexibility index (Phi) is 2.20. The lowest BCUT2D eigenvalue weighted by atomic mass is 9.95. The highest BCUT2D eigenvalue weighted by molar-refractivity contribution is 6.13. The SMILES string of the molecule is Cc1cc(O)c2c(ccc3c(O)cccc32)c1C. The molecule has 0 bridgehead atoms. The first-order valence-electron chi connectivity index (χ1n) is 5.93. The van der Waals surface area contributed by atoms with Gasteiger partial charge in [0.1, 0.15) is 11.5 Å². The Morgan fingerprint density at radius 3 is 2.28 bits per heavy atom. The normalized spacial score (nSPS) is 11.2. The average Bonchev–Trinajstić information content (AvgIpc) is 2.35. The maximum Gasteiger partial charge on any atom is 0.124 e. The van der Waals surface area contributed by atoms with Crippen molar-refractivity contribution in [2.24, 2.45) is 0 Å². The topological polar surface area (TPSA) is 40.5 Å². The van der Waals surface area contributed by atoms with Gasteiger partial charge in [-0.2, -0.15) is 0 Å². The van der Waals surface area contributed by atoms with Gasteiger partial charge < -0.3 is 10.2 Å². The number of aromatic hydroxyl groups is 2. The number of phenols is 2. The van der Waals surface area contributed by atoms with Crippen LogP contribution in [0.1, 0.15) is 11.1 Å². The van der Waals surface area contributed by atoms with Crippen molar-refractivity contribution in [3.05, 3.63) is 47.5 Å². The number of rotatable bonds is 0. The third-order valence-electron chi connectivity index (χ3n) is 3.64. The molecule has 3 rings (SSSR count). The summed E-state index contributed by atoms with van der Waals surface area (Å²) < 4.78 is 0. The molecular formula is C16H14O2. The van der Waals surface area contributed by atoms with E-state index >= 15 is 0 Å².